The van der Waals surface area contributed by atoms with E-state index in [9.17, 15) is 9.59 Å². The number of hydrogen-bond acceptors (Lipinski definition) is 4. The zero-order valence-electron chi connectivity index (χ0n) is 11.8. The Bertz CT molecular complexity index is 445. The second-order valence-corrected chi connectivity index (χ2v) is 4.52. The fourth-order valence-electron chi connectivity index (χ4n) is 1.63. The molecule has 0 bridgehead atoms. The molecule has 0 aliphatic carbocycles. The third kappa shape index (κ3) is 5.27. The van der Waals surface area contributed by atoms with Gasteiger partial charge in [-0.15, -0.1) is 0 Å². The molecule has 1 atom stereocenters. The Kier molecular flexibility index (Phi) is 6.52. The summed E-state index contributed by atoms with van der Waals surface area (Å²) >= 11 is 0. The molecule has 20 heavy (non-hydrogen) atoms. The quantitative estimate of drug-likeness (QED) is 0.744. The molecule has 1 rings (SSSR count). The van der Waals surface area contributed by atoms with Crippen LogP contribution in [0.25, 0.3) is 0 Å². The molecule has 1 aromatic rings. The summed E-state index contributed by atoms with van der Waals surface area (Å²) in [7, 11) is 1.30. The van der Waals surface area contributed by atoms with Gasteiger partial charge >= 0.3 is 6.09 Å². The lowest BCUT2D eigenvalue weighted by Crippen LogP contribution is -2.21. The zero-order chi connectivity index (χ0) is 15.0. The number of hydrogen-bond donors (Lipinski definition) is 3. The molecule has 0 heterocycles. The van der Waals surface area contributed by atoms with Gasteiger partial charge in [-0.2, -0.15) is 0 Å². The number of benzene rings is 1. The van der Waals surface area contributed by atoms with Gasteiger partial charge in [-0.25, -0.2) is 4.79 Å². The van der Waals surface area contributed by atoms with Crippen LogP contribution in [0.2, 0.25) is 0 Å². The van der Waals surface area contributed by atoms with Crippen LogP contribution in [0, 0.1) is 5.92 Å². The number of nitrogens with one attached hydrogen (secondary N) is 2. The Balaban J connectivity index is 2.52. The molecule has 0 aliphatic heterocycles. The molecule has 0 saturated carbocycles. The number of ether oxygens (including phenoxy) is 1. The van der Waals surface area contributed by atoms with Crippen molar-refractivity contribution in [3.05, 3.63) is 24.3 Å². The van der Waals surface area contributed by atoms with E-state index in [-0.39, 0.29) is 11.8 Å². The summed E-state index contributed by atoms with van der Waals surface area (Å²) in [6.45, 7) is 2.46. The van der Waals surface area contributed by atoms with Crippen molar-refractivity contribution in [3.63, 3.8) is 0 Å². The summed E-state index contributed by atoms with van der Waals surface area (Å²) in [5, 5.41) is 5.36. The molecule has 0 aromatic heterocycles. The SMILES string of the molecule is COC(=O)Nc1ccc(NC(=O)C(C)CCCN)cc1. The van der Waals surface area contributed by atoms with Crippen molar-refractivity contribution < 1.29 is 14.3 Å². The fourth-order valence-corrected chi connectivity index (χ4v) is 1.63. The van der Waals surface area contributed by atoms with Gasteiger partial charge in [0.05, 0.1) is 7.11 Å². The number of amides is 2. The van der Waals surface area contributed by atoms with E-state index in [0.29, 0.717) is 17.9 Å². The average molecular weight is 279 g/mol. The number of nitrogens with two attached hydrogens (primary N) is 1. The van der Waals surface area contributed by atoms with Crippen molar-refractivity contribution >= 4 is 23.4 Å². The highest BCUT2D eigenvalue weighted by molar-refractivity contribution is 5.92. The average Bonchev–Trinajstić information content (AvgIpc) is 2.46. The van der Waals surface area contributed by atoms with Crippen LogP contribution in [0.5, 0.6) is 0 Å². The maximum atomic E-state index is 11.9. The first-order valence-corrected chi connectivity index (χ1v) is 6.52. The second kappa shape index (κ2) is 8.16. The van der Waals surface area contributed by atoms with Crippen LogP contribution in [-0.4, -0.2) is 25.7 Å². The van der Waals surface area contributed by atoms with Crippen LogP contribution in [-0.2, 0) is 9.53 Å². The normalized spacial score (nSPS) is 11.6. The first-order chi connectivity index (χ1) is 9.56. The van der Waals surface area contributed by atoms with Gasteiger partial charge in [0.15, 0.2) is 0 Å². The summed E-state index contributed by atoms with van der Waals surface area (Å²) in [5.41, 5.74) is 6.71. The number of rotatable bonds is 6. The number of carbonyl (C=O) groups excluding carboxylic acids is 2. The van der Waals surface area contributed by atoms with E-state index in [1.807, 2.05) is 6.92 Å². The minimum absolute atomic E-state index is 0.0351. The van der Waals surface area contributed by atoms with Crippen LogP contribution in [0.15, 0.2) is 24.3 Å². The molecular formula is C14H21N3O3. The molecule has 6 heteroatoms. The van der Waals surface area contributed by atoms with Crippen molar-refractivity contribution in [2.24, 2.45) is 11.7 Å². The first-order valence-electron chi connectivity index (χ1n) is 6.52. The highest BCUT2D eigenvalue weighted by Crippen LogP contribution is 2.15. The topological polar surface area (TPSA) is 93.5 Å². The van der Waals surface area contributed by atoms with Crippen molar-refractivity contribution in [3.8, 4) is 0 Å². The van der Waals surface area contributed by atoms with Gasteiger partial charge in [-0.3, -0.25) is 10.1 Å². The molecule has 4 N–H and O–H groups in total. The lowest BCUT2D eigenvalue weighted by Gasteiger charge is -2.12. The lowest BCUT2D eigenvalue weighted by molar-refractivity contribution is -0.119. The summed E-state index contributed by atoms with van der Waals surface area (Å²) in [4.78, 5) is 22.9. The molecule has 1 unspecified atom stereocenters. The molecule has 1 aromatic carbocycles. The summed E-state index contributed by atoms with van der Waals surface area (Å²) < 4.78 is 4.49. The van der Waals surface area contributed by atoms with Gasteiger partial charge in [0, 0.05) is 17.3 Å². The van der Waals surface area contributed by atoms with Crippen LogP contribution in [0.1, 0.15) is 19.8 Å². The van der Waals surface area contributed by atoms with Gasteiger partial charge < -0.3 is 15.8 Å². The minimum atomic E-state index is -0.530. The van der Waals surface area contributed by atoms with Crippen LogP contribution >= 0.6 is 0 Å². The third-order valence-corrected chi connectivity index (χ3v) is 2.87. The molecule has 6 nitrogen and oxygen atoms in total. The van der Waals surface area contributed by atoms with E-state index in [0.717, 1.165) is 12.8 Å². The van der Waals surface area contributed by atoms with Crippen LogP contribution in [0.4, 0.5) is 16.2 Å². The van der Waals surface area contributed by atoms with Gasteiger partial charge in [0.1, 0.15) is 0 Å². The molecule has 0 saturated heterocycles. The fraction of sp³-hybridized carbons (Fsp3) is 0.429. The highest BCUT2D eigenvalue weighted by Gasteiger charge is 2.12. The number of carbonyl (C=O) groups is 2. The van der Waals surface area contributed by atoms with E-state index in [1.54, 1.807) is 24.3 Å². The van der Waals surface area contributed by atoms with Gasteiger partial charge in [-0.1, -0.05) is 6.92 Å². The lowest BCUT2D eigenvalue weighted by atomic mass is 10.0. The minimum Gasteiger partial charge on any atom is -0.453 e. The molecule has 0 radical (unpaired) electrons. The number of methoxy groups -OCH3 is 1. The predicted octanol–water partition coefficient (Wildman–Crippen LogP) is 2.18. The number of anilines is 2. The van der Waals surface area contributed by atoms with E-state index < -0.39 is 6.09 Å². The largest absolute Gasteiger partial charge is 0.453 e. The van der Waals surface area contributed by atoms with Crippen molar-refractivity contribution in [2.45, 2.75) is 19.8 Å². The molecule has 110 valence electrons. The summed E-state index contributed by atoms with van der Waals surface area (Å²) in [6.07, 6.45) is 1.07. The Morgan fingerprint density at radius 3 is 2.25 bits per heavy atom. The van der Waals surface area contributed by atoms with Crippen LogP contribution in [0.3, 0.4) is 0 Å². The molecule has 0 spiro atoms. The zero-order valence-corrected chi connectivity index (χ0v) is 11.8. The molecule has 2 amide bonds. The Hall–Kier alpha value is -2.08. The summed E-state index contributed by atoms with van der Waals surface area (Å²) in [5.74, 6) is -0.112. The first kappa shape index (κ1) is 16.0. The van der Waals surface area contributed by atoms with Gasteiger partial charge in [0.25, 0.3) is 0 Å². The van der Waals surface area contributed by atoms with Crippen molar-refractivity contribution in [1.29, 1.82) is 0 Å². The van der Waals surface area contributed by atoms with Crippen molar-refractivity contribution in [2.75, 3.05) is 24.3 Å². The van der Waals surface area contributed by atoms with Crippen LogP contribution < -0.4 is 16.4 Å². The predicted molar refractivity (Wildman–Crippen MR) is 78.6 cm³/mol. The maximum Gasteiger partial charge on any atom is 0.411 e. The standard InChI is InChI=1S/C14H21N3O3/c1-10(4-3-9-15)13(18)16-11-5-7-12(8-6-11)17-14(19)20-2/h5-8,10H,3-4,9,15H2,1-2H3,(H,16,18)(H,17,19). The smallest absolute Gasteiger partial charge is 0.411 e. The van der Waals surface area contributed by atoms with E-state index >= 15 is 0 Å². The highest BCUT2D eigenvalue weighted by atomic mass is 16.5. The Labute approximate surface area is 118 Å². The molecule has 0 aliphatic rings. The Morgan fingerprint density at radius 1 is 1.20 bits per heavy atom. The second-order valence-electron chi connectivity index (χ2n) is 4.52. The van der Waals surface area contributed by atoms with E-state index in [1.165, 1.54) is 7.11 Å². The monoisotopic (exact) mass is 279 g/mol. The third-order valence-electron chi connectivity index (χ3n) is 2.87. The Morgan fingerprint density at radius 2 is 1.75 bits per heavy atom. The summed E-state index contributed by atoms with van der Waals surface area (Å²) in [6, 6.07) is 6.83. The van der Waals surface area contributed by atoms with Gasteiger partial charge in [0.2, 0.25) is 5.91 Å². The van der Waals surface area contributed by atoms with E-state index in [2.05, 4.69) is 15.4 Å². The van der Waals surface area contributed by atoms with Gasteiger partial charge in [-0.05, 0) is 43.7 Å². The maximum absolute atomic E-state index is 11.9. The van der Waals surface area contributed by atoms with Crippen molar-refractivity contribution in [1.82, 2.24) is 0 Å². The van der Waals surface area contributed by atoms with E-state index in [4.69, 9.17) is 5.73 Å². The molecular weight excluding hydrogens is 258 g/mol. The molecule has 0 fully saturated rings.